The van der Waals surface area contributed by atoms with Crippen LogP contribution in [0.1, 0.15) is 37.0 Å². The van der Waals surface area contributed by atoms with Crippen molar-refractivity contribution < 1.29 is 4.74 Å². The lowest BCUT2D eigenvalue weighted by Crippen LogP contribution is -2.24. The predicted molar refractivity (Wildman–Crippen MR) is 88.5 cm³/mol. The summed E-state index contributed by atoms with van der Waals surface area (Å²) >= 11 is 0. The van der Waals surface area contributed by atoms with E-state index in [0.717, 1.165) is 18.7 Å². The summed E-state index contributed by atoms with van der Waals surface area (Å²) in [4.78, 5) is 0. The van der Waals surface area contributed by atoms with Crippen molar-refractivity contribution in [3.8, 4) is 5.75 Å². The summed E-state index contributed by atoms with van der Waals surface area (Å²) in [6.07, 6.45) is 1.14. The van der Waals surface area contributed by atoms with Crippen LogP contribution in [0, 0.1) is 6.92 Å². The molecule has 0 saturated carbocycles. The van der Waals surface area contributed by atoms with Crippen LogP contribution in [0.4, 0.5) is 0 Å². The van der Waals surface area contributed by atoms with Crippen LogP contribution in [0.15, 0.2) is 48.5 Å². The molecule has 0 saturated heterocycles. The van der Waals surface area contributed by atoms with Gasteiger partial charge in [0.2, 0.25) is 0 Å². The maximum absolute atomic E-state index is 5.88. The van der Waals surface area contributed by atoms with E-state index in [1.165, 1.54) is 16.7 Å². The van der Waals surface area contributed by atoms with Crippen molar-refractivity contribution in [1.29, 1.82) is 0 Å². The van der Waals surface area contributed by atoms with Gasteiger partial charge < -0.3 is 10.1 Å². The summed E-state index contributed by atoms with van der Waals surface area (Å²) in [5, 5.41) is 3.50. The molecular formula is C19H25NO. The van der Waals surface area contributed by atoms with Gasteiger partial charge in [0.1, 0.15) is 12.4 Å². The molecule has 2 nitrogen and oxygen atoms in total. The first-order chi connectivity index (χ1) is 10.2. The number of aryl methyl sites for hydroxylation is 1. The molecule has 0 fully saturated rings. The smallest absolute Gasteiger partial charge is 0.120 e. The zero-order valence-corrected chi connectivity index (χ0v) is 13.2. The quantitative estimate of drug-likeness (QED) is 0.810. The molecule has 1 N–H and O–H groups in total. The lowest BCUT2D eigenvalue weighted by molar-refractivity contribution is 0.306. The van der Waals surface area contributed by atoms with Crippen LogP contribution in [0.5, 0.6) is 5.75 Å². The van der Waals surface area contributed by atoms with Crippen LogP contribution in [0.25, 0.3) is 0 Å². The minimum Gasteiger partial charge on any atom is -0.489 e. The Kier molecular flexibility index (Phi) is 5.82. The molecule has 21 heavy (non-hydrogen) atoms. The van der Waals surface area contributed by atoms with Crippen LogP contribution in [-0.4, -0.2) is 6.04 Å². The van der Waals surface area contributed by atoms with E-state index in [-0.39, 0.29) is 0 Å². The average Bonchev–Trinajstić information content (AvgIpc) is 2.52. The van der Waals surface area contributed by atoms with Gasteiger partial charge in [-0.2, -0.15) is 0 Å². The normalized spacial score (nSPS) is 12.1. The van der Waals surface area contributed by atoms with E-state index in [1.807, 2.05) is 6.07 Å². The van der Waals surface area contributed by atoms with Gasteiger partial charge in [0.15, 0.2) is 0 Å². The van der Waals surface area contributed by atoms with Crippen LogP contribution in [0.3, 0.4) is 0 Å². The molecule has 2 heteroatoms. The molecule has 2 rings (SSSR count). The van der Waals surface area contributed by atoms with E-state index in [4.69, 9.17) is 4.74 Å². The monoisotopic (exact) mass is 283 g/mol. The Morgan fingerprint density at radius 1 is 1.05 bits per heavy atom. The van der Waals surface area contributed by atoms with Crippen LogP contribution < -0.4 is 10.1 Å². The fraction of sp³-hybridized carbons (Fsp3) is 0.368. The zero-order chi connectivity index (χ0) is 15.1. The number of nitrogens with one attached hydrogen (secondary N) is 1. The number of ether oxygens (including phenoxy) is 1. The molecule has 0 amide bonds. The third-order valence-electron chi connectivity index (χ3n) is 3.69. The number of benzene rings is 2. The maximum Gasteiger partial charge on any atom is 0.120 e. The van der Waals surface area contributed by atoms with Crippen molar-refractivity contribution >= 4 is 0 Å². The molecule has 2 aromatic rings. The second-order valence-corrected chi connectivity index (χ2v) is 5.61. The number of rotatable bonds is 7. The van der Waals surface area contributed by atoms with Gasteiger partial charge >= 0.3 is 0 Å². The second kappa shape index (κ2) is 7.84. The fourth-order valence-corrected chi connectivity index (χ4v) is 2.03. The minimum atomic E-state index is 0.544. The molecule has 1 atom stereocenters. The highest BCUT2D eigenvalue weighted by molar-refractivity contribution is 5.29. The third kappa shape index (κ3) is 5.24. The molecule has 0 heterocycles. The van der Waals surface area contributed by atoms with Gasteiger partial charge in [-0.05, 0) is 43.5 Å². The molecule has 0 aromatic heterocycles. The molecule has 0 bridgehead atoms. The van der Waals surface area contributed by atoms with Crippen LogP contribution >= 0.6 is 0 Å². The van der Waals surface area contributed by atoms with Crippen molar-refractivity contribution in [1.82, 2.24) is 5.32 Å². The first-order valence-corrected chi connectivity index (χ1v) is 7.68. The van der Waals surface area contributed by atoms with E-state index >= 15 is 0 Å². The summed E-state index contributed by atoms with van der Waals surface area (Å²) in [5.41, 5.74) is 3.73. The Balaban J connectivity index is 1.90. The van der Waals surface area contributed by atoms with E-state index in [9.17, 15) is 0 Å². The molecular weight excluding hydrogens is 258 g/mol. The van der Waals surface area contributed by atoms with Crippen molar-refractivity contribution in [2.45, 2.75) is 46.4 Å². The molecule has 0 radical (unpaired) electrons. The summed E-state index contributed by atoms with van der Waals surface area (Å²) in [5.74, 6) is 0.930. The zero-order valence-electron chi connectivity index (χ0n) is 13.2. The van der Waals surface area contributed by atoms with Gasteiger partial charge in [-0.3, -0.25) is 0 Å². The number of hydrogen-bond acceptors (Lipinski definition) is 2. The van der Waals surface area contributed by atoms with Gasteiger partial charge in [-0.25, -0.2) is 0 Å². The third-order valence-corrected chi connectivity index (χ3v) is 3.69. The van der Waals surface area contributed by atoms with Crippen LogP contribution in [-0.2, 0) is 13.2 Å². The topological polar surface area (TPSA) is 21.3 Å². The first kappa shape index (κ1) is 15.6. The van der Waals surface area contributed by atoms with Crippen molar-refractivity contribution in [2.24, 2.45) is 0 Å². The van der Waals surface area contributed by atoms with E-state index in [1.54, 1.807) is 0 Å². The molecule has 0 aliphatic carbocycles. The molecule has 0 aliphatic rings. The van der Waals surface area contributed by atoms with Gasteiger partial charge in [-0.15, -0.1) is 0 Å². The summed E-state index contributed by atoms with van der Waals surface area (Å²) < 4.78 is 5.88. The first-order valence-electron chi connectivity index (χ1n) is 7.68. The summed E-state index contributed by atoms with van der Waals surface area (Å²) in [6, 6.07) is 17.3. The largest absolute Gasteiger partial charge is 0.489 e. The average molecular weight is 283 g/mol. The highest BCUT2D eigenvalue weighted by Gasteiger charge is 2.01. The minimum absolute atomic E-state index is 0.544. The highest BCUT2D eigenvalue weighted by atomic mass is 16.5. The molecule has 0 spiro atoms. The Labute approximate surface area is 128 Å². The lowest BCUT2D eigenvalue weighted by atomic mass is 10.1. The molecule has 0 aliphatic heterocycles. The molecule has 0 unspecified atom stereocenters. The Bertz CT molecular complexity index is 548. The molecule has 112 valence electrons. The van der Waals surface area contributed by atoms with E-state index in [2.05, 4.69) is 68.6 Å². The van der Waals surface area contributed by atoms with Crippen molar-refractivity contribution in [3.63, 3.8) is 0 Å². The van der Waals surface area contributed by atoms with E-state index in [0.29, 0.717) is 12.6 Å². The summed E-state index contributed by atoms with van der Waals surface area (Å²) in [6.45, 7) is 7.99. The maximum atomic E-state index is 5.88. The summed E-state index contributed by atoms with van der Waals surface area (Å²) in [7, 11) is 0. The lowest BCUT2D eigenvalue weighted by Gasteiger charge is -2.12. The van der Waals surface area contributed by atoms with Crippen LogP contribution in [0.2, 0.25) is 0 Å². The highest BCUT2D eigenvalue weighted by Crippen LogP contribution is 2.15. The van der Waals surface area contributed by atoms with E-state index < -0.39 is 0 Å². The predicted octanol–water partition coefficient (Wildman–Crippen LogP) is 4.46. The Hall–Kier alpha value is -1.80. The van der Waals surface area contributed by atoms with Gasteiger partial charge in [-0.1, -0.05) is 48.9 Å². The SMILES string of the molecule is CC[C@H](C)NCc1cccc(OCc2ccc(C)cc2)c1. The van der Waals surface area contributed by atoms with Gasteiger partial charge in [0.05, 0.1) is 0 Å². The molecule has 2 aromatic carbocycles. The van der Waals surface area contributed by atoms with Gasteiger partial charge in [0, 0.05) is 12.6 Å². The standard InChI is InChI=1S/C19H25NO/c1-4-16(3)20-13-18-6-5-7-19(12-18)21-14-17-10-8-15(2)9-11-17/h5-12,16,20H,4,13-14H2,1-3H3/t16-/m0/s1. The van der Waals surface area contributed by atoms with Gasteiger partial charge in [0.25, 0.3) is 0 Å². The Morgan fingerprint density at radius 3 is 2.52 bits per heavy atom. The van der Waals surface area contributed by atoms with Crippen molar-refractivity contribution in [3.05, 3.63) is 65.2 Å². The number of hydrogen-bond donors (Lipinski definition) is 1. The van der Waals surface area contributed by atoms with Crippen molar-refractivity contribution in [2.75, 3.05) is 0 Å². The Morgan fingerprint density at radius 2 is 1.81 bits per heavy atom. The second-order valence-electron chi connectivity index (χ2n) is 5.61. The fourth-order valence-electron chi connectivity index (χ4n) is 2.03.